The average Bonchev–Trinajstić information content (AvgIpc) is 2.20. The van der Waals surface area contributed by atoms with Crippen molar-refractivity contribution in [3.05, 3.63) is 0 Å². The van der Waals surface area contributed by atoms with Crippen molar-refractivity contribution in [2.45, 2.75) is 6.10 Å². The van der Waals surface area contributed by atoms with E-state index in [1.807, 2.05) is 47.0 Å². The Balaban J connectivity index is 2.12. The minimum atomic E-state index is -0.0965. The van der Waals surface area contributed by atoms with Gasteiger partial charge in [0, 0.05) is 46.0 Å². The minimum absolute atomic E-state index is 0.0965. The third-order valence-electron chi connectivity index (χ3n) is 1.74. The minimum Gasteiger partial charge on any atom is -0.391 e. The molecular weight excluding hydrogens is 252 g/mol. The van der Waals surface area contributed by atoms with Crippen LogP contribution in [0.4, 0.5) is 0 Å². The summed E-state index contributed by atoms with van der Waals surface area (Å²) in [5.41, 5.74) is 0. The fourth-order valence-electron chi connectivity index (χ4n) is 1.04. The first-order valence-electron chi connectivity index (χ1n) is 4.88. The number of hydrogen-bond donors (Lipinski definition) is 1. The normalized spacial score (nSPS) is 24.6. The summed E-state index contributed by atoms with van der Waals surface area (Å²) in [4.78, 5) is 0. The first-order chi connectivity index (χ1) is 6.89. The van der Waals surface area contributed by atoms with Crippen molar-refractivity contribution in [1.82, 2.24) is 0 Å². The van der Waals surface area contributed by atoms with Crippen LogP contribution in [0.25, 0.3) is 0 Å². The molecule has 0 radical (unpaired) electrons. The Morgan fingerprint density at radius 3 is 1.43 bits per heavy atom. The second kappa shape index (κ2) is 9.58. The molecule has 1 rings (SSSR count). The quantitative estimate of drug-likeness (QED) is 0.726. The molecule has 1 nitrogen and oxygen atoms in total. The van der Waals surface area contributed by atoms with Gasteiger partial charge in [-0.05, 0) is 0 Å². The van der Waals surface area contributed by atoms with Gasteiger partial charge in [-0.3, -0.25) is 0 Å². The molecule has 0 aromatic heterocycles. The number of aliphatic hydroxyl groups excluding tert-OH is 1. The molecule has 1 heterocycles. The van der Waals surface area contributed by atoms with Gasteiger partial charge in [0.25, 0.3) is 0 Å². The topological polar surface area (TPSA) is 20.2 Å². The maximum Gasteiger partial charge on any atom is 0.0720 e. The molecule has 1 fully saturated rings. The van der Waals surface area contributed by atoms with E-state index in [-0.39, 0.29) is 6.10 Å². The summed E-state index contributed by atoms with van der Waals surface area (Å²) in [6.45, 7) is 0. The summed E-state index contributed by atoms with van der Waals surface area (Å²) in [6.07, 6.45) is -0.0965. The van der Waals surface area contributed by atoms with Crippen molar-refractivity contribution in [1.29, 1.82) is 0 Å². The van der Waals surface area contributed by atoms with Crippen molar-refractivity contribution in [2.75, 3.05) is 46.0 Å². The highest BCUT2D eigenvalue weighted by molar-refractivity contribution is 8.05. The second-order valence-corrected chi connectivity index (χ2v) is 7.78. The largest absolute Gasteiger partial charge is 0.391 e. The Hall–Kier alpha value is 1.36. The van der Waals surface area contributed by atoms with Crippen LogP contribution in [-0.4, -0.2) is 57.2 Å². The van der Waals surface area contributed by atoms with Gasteiger partial charge in [0.1, 0.15) is 0 Å². The summed E-state index contributed by atoms with van der Waals surface area (Å²) < 4.78 is 0. The molecule has 1 aliphatic heterocycles. The third kappa shape index (κ3) is 7.63. The smallest absolute Gasteiger partial charge is 0.0720 e. The predicted molar refractivity (Wildman–Crippen MR) is 75.3 cm³/mol. The monoisotopic (exact) mass is 270 g/mol. The molecule has 84 valence electrons. The van der Waals surface area contributed by atoms with E-state index in [1.54, 1.807) is 0 Å². The van der Waals surface area contributed by atoms with Crippen molar-refractivity contribution in [3.63, 3.8) is 0 Å². The van der Waals surface area contributed by atoms with Gasteiger partial charge in [0.05, 0.1) is 6.10 Å². The van der Waals surface area contributed by atoms with Crippen LogP contribution in [0, 0.1) is 0 Å². The average molecular weight is 271 g/mol. The van der Waals surface area contributed by atoms with E-state index in [0.29, 0.717) is 0 Å². The lowest BCUT2D eigenvalue weighted by atomic mass is 10.5. The van der Waals surface area contributed by atoms with E-state index in [1.165, 1.54) is 34.5 Å². The fourth-order valence-corrected chi connectivity index (χ4v) is 5.54. The van der Waals surface area contributed by atoms with E-state index >= 15 is 0 Å². The molecule has 0 aliphatic carbocycles. The van der Waals surface area contributed by atoms with Crippen molar-refractivity contribution >= 4 is 47.0 Å². The van der Waals surface area contributed by atoms with Crippen LogP contribution in [0.15, 0.2) is 0 Å². The third-order valence-corrected chi connectivity index (χ3v) is 6.71. The van der Waals surface area contributed by atoms with Crippen molar-refractivity contribution in [3.8, 4) is 0 Å². The highest BCUT2D eigenvalue weighted by Crippen LogP contribution is 2.15. The van der Waals surface area contributed by atoms with Gasteiger partial charge < -0.3 is 5.11 Å². The van der Waals surface area contributed by atoms with Crippen molar-refractivity contribution < 1.29 is 5.11 Å². The molecule has 0 spiro atoms. The van der Waals surface area contributed by atoms with Crippen LogP contribution in [0.1, 0.15) is 0 Å². The predicted octanol–water partition coefficient (Wildman–Crippen LogP) is 2.29. The van der Waals surface area contributed by atoms with Crippen LogP contribution < -0.4 is 0 Å². The Morgan fingerprint density at radius 1 is 0.643 bits per heavy atom. The lowest BCUT2D eigenvalue weighted by molar-refractivity contribution is 0.225. The molecule has 5 heteroatoms. The molecule has 1 aliphatic rings. The van der Waals surface area contributed by atoms with Gasteiger partial charge in [-0.1, -0.05) is 0 Å². The van der Waals surface area contributed by atoms with E-state index in [0.717, 1.165) is 11.5 Å². The summed E-state index contributed by atoms with van der Waals surface area (Å²) in [6, 6.07) is 0. The SMILES string of the molecule is OC1CSCCSCCSCCSC1. The van der Waals surface area contributed by atoms with Gasteiger partial charge in [0.2, 0.25) is 0 Å². The lowest BCUT2D eigenvalue weighted by Gasteiger charge is -2.08. The number of aliphatic hydroxyl groups is 1. The lowest BCUT2D eigenvalue weighted by Crippen LogP contribution is -2.14. The Morgan fingerprint density at radius 2 is 1.00 bits per heavy atom. The van der Waals surface area contributed by atoms with Gasteiger partial charge in [-0.25, -0.2) is 0 Å². The first-order valence-corrected chi connectivity index (χ1v) is 9.50. The maximum atomic E-state index is 9.61. The van der Waals surface area contributed by atoms with Crippen LogP contribution in [0.3, 0.4) is 0 Å². The van der Waals surface area contributed by atoms with E-state index in [2.05, 4.69) is 0 Å². The van der Waals surface area contributed by atoms with Crippen LogP contribution in [0.5, 0.6) is 0 Å². The van der Waals surface area contributed by atoms with Gasteiger partial charge in [-0.15, -0.1) is 0 Å². The molecule has 0 amide bonds. The van der Waals surface area contributed by atoms with Gasteiger partial charge in [-0.2, -0.15) is 47.0 Å². The molecule has 1 N–H and O–H groups in total. The summed E-state index contributed by atoms with van der Waals surface area (Å²) in [5.74, 6) is 9.28. The van der Waals surface area contributed by atoms with E-state index < -0.39 is 0 Å². The molecule has 0 unspecified atom stereocenters. The van der Waals surface area contributed by atoms with Crippen LogP contribution in [-0.2, 0) is 0 Å². The number of thioether (sulfide) groups is 4. The highest BCUT2D eigenvalue weighted by atomic mass is 32.2. The summed E-state index contributed by atoms with van der Waals surface area (Å²) in [5, 5.41) is 9.61. The second-order valence-electron chi connectivity index (χ2n) is 3.03. The molecule has 0 aromatic carbocycles. The molecule has 1 saturated heterocycles. The van der Waals surface area contributed by atoms with Crippen LogP contribution in [0.2, 0.25) is 0 Å². The molecule has 0 atom stereocenters. The molecule has 0 bridgehead atoms. The zero-order valence-corrected chi connectivity index (χ0v) is 11.6. The Kier molecular flexibility index (Phi) is 9.18. The van der Waals surface area contributed by atoms with E-state index in [9.17, 15) is 5.11 Å². The zero-order chi connectivity index (χ0) is 10.1. The summed E-state index contributed by atoms with van der Waals surface area (Å²) >= 11 is 7.87. The summed E-state index contributed by atoms with van der Waals surface area (Å²) in [7, 11) is 0. The molecular formula is C9H18OS4. The number of hydrogen-bond acceptors (Lipinski definition) is 5. The van der Waals surface area contributed by atoms with Crippen LogP contribution >= 0.6 is 47.0 Å². The standard InChI is InChI=1S/C9H18OS4/c10-9-7-13-5-3-11-1-2-12-4-6-14-8-9/h9-10H,1-8H2. The zero-order valence-electron chi connectivity index (χ0n) is 8.31. The highest BCUT2D eigenvalue weighted by Gasteiger charge is 2.05. The van der Waals surface area contributed by atoms with E-state index in [4.69, 9.17) is 0 Å². The Bertz CT molecular complexity index is 120. The first kappa shape index (κ1) is 13.4. The maximum absolute atomic E-state index is 9.61. The van der Waals surface area contributed by atoms with Gasteiger partial charge in [0.15, 0.2) is 0 Å². The Labute approximate surface area is 104 Å². The van der Waals surface area contributed by atoms with Gasteiger partial charge >= 0.3 is 0 Å². The molecule has 0 aromatic rings. The number of rotatable bonds is 0. The molecule has 14 heavy (non-hydrogen) atoms. The molecule has 0 saturated carbocycles. The van der Waals surface area contributed by atoms with Crippen molar-refractivity contribution in [2.24, 2.45) is 0 Å². The fraction of sp³-hybridized carbons (Fsp3) is 1.00.